The summed E-state index contributed by atoms with van der Waals surface area (Å²) in [7, 11) is 0. The molecule has 0 amide bonds. The number of aryl methyl sites for hydroxylation is 2. The molecule has 49 heavy (non-hydrogen) atoms. The number of fused-ring (bicyclic) bond motifs is 2. The number of hydrogen-bond acceptors (Lipinski definition) is 7. The molecule has 7 nitrogen and oxygen atoms in total. The third-order valence-electron chi connectivity index (χ3n) is 7.90. The Hall–Kier alpha value is -2.22. The van der Waals surface area contributed by atoms with Crippen LogP contribution >= 0.6 is 90.4 Å². The summed E-state index contributed by atoms with van der Waals surface area (Å²) in [4.78, 5) is 26.4. The average molecular weight is 1110 g/mol. The number of halogens is 4. The van der Waals surface area contributed by atoms with Crippen LogP contribution in [0.4, 0.5) is 0 Å². The molecule has 0 saturated carbocycles. The summed E-state index contributed by atoms with van der Waals surface area (Å²) >= 11 is 8.12. The average Bonchev–Trinajstić information content (AvgIpc) is 3.65. The Morgan fingerprint density at radius 3 is 1.45 bits per heavy atom. The van der Waals surface area contributed by atoms with E-state index in [4.69, 9.17) is 8.83 Å². The van der Waals surface area contributed by atoms with E-state index in [9.17, 15) is 24.9 Å². The number of phenolic OH excluding ortho intramolecular Hbond substituents is 2. The number of rotatable bonds is 10. The molecule has 1 unspecified atom stereocenters. The molecule has 6 rings (SSSR count). The lowest BCUT2D eigenvalue weighted by atomic mass is 9.98. The first-order valence-electron chi connectivity index (χ1n) is 15.6. The number of unbranched alkanes of at least 4 members (excludes halogenated alkanes) is 1. The van der Waals surface area contributed by atoms with Crippen molar-refractivity contribution in [3.63, 3.8) is 0 Å². The van der Waals surface area contributed by atoms with Crippen LogP contribution in [-0.2, 0) is 12.8 Å². The highest BCUT2D eigenvalue weighted by atomic mass is 127. The van der Waals surface area contributed by atoms with Crippen molar-refractivity contribution in [3.8, 4) is 11.5 Å². The van der Waals surface area contributed by atoms with Gasteiger partial charge in [-0.2, -0.15) is 0 Å². The molecule has 1 atom stereocenters. The fourth-order valence-electron chi connectivity index (χ4n) is 5.40. The van der Waals surface area contributed by atoms with Crippen molar-refractivity contribution in [2.24, 2.45) is 0 Å². The van der Waals surface area contributed by atoms with Crippen molar-refractivity contribution in [2.45, 2.75) is 52.1 Å². The Labute approximate surface area is 338 Å². The molecule has 2 aromatic heterocycles. The number of phenols is 2. The zero-order valence-corrected chi connectivity index (χ0v) is 35.2. The molecule has 0 aliphatic carbocycles. The summed E-state index contributed by atoms with van der Waals surface area (Å²) in [6.45, 7) is 3.84. The van der Waals surface area contributed by atoms with E-state index in [1.165, 1.54) is 0 Å². The molecule has 3 N–H and O–H groups in total. The fourth-order valence-corrected chi connectivity index (χ4v) is 8.94. The number of aliphatic hydroxyl groups excluding tert-OH is 1. The van der Waals surface area contributed by atoms with Gasteiger partial charge in [0, 0.05) is 34.7 Å². The monoisotopic (exact) mass is 1110 g/mol. The first-order chi connectivity index (χ1) is 23.4. The van der Waals surface area contributed by atoms with Gasteiger partial charge in [0.25, 0.3) is 0 Å². The van der Waals surface area contributed by atoms with Gasteiger partial charge in [0.05, 0.1) is 31.5 Å². The van der Waals surface area contributed by atoms with E-state index in [2.05, 4.69) is 6.92 Å². The van der Waals surface area contributed by atoms with Gasteiger partial charge in [0.2, 0.25) is 0 Å². The van der Waals surface area contributed by atoms with Crippen molar-refractivity contribution in [1.29, 1.82) is 0 Å². The quantitative estimate of drug-likeness (QED) is 0.0923. The van der Waals surface area contributed by atoms with Gasteiger partial charge in [-0.25, -0.2) is 0 Å². The topological polar surface area (TPSA) is 121 Å². The lowest BCUT2D eigenvalue weighted by molar-refractivity contribution is 0.102. The number of aromatic hydroxyl groups is 2. The van der Waals surface area contributed by atoms with Crippen LogP contribution < -0.4 is 0 Å². The second kappa shape index (κ2) is 16.9. The minimum Gasteiger partial charge on any atom is -0.506 e. The summed E-state index contributed by atoms with van der Waals surface area (Å²) in [5.41, 5.74) is 3.68. The maximum atomic E-state index is 13.2. The largest absolute Gasteiger partial charge is 0.506 e. The van der Waals surface area contributed by atoms with Gasteiger partial charge in [0.1, 0.15) is 34.2 Å². The number of furan rings is 2. The predicted molar refractivity (Wildman–Crippen MR) is 225 cm³/mol. The Kier molecular flexibility index (Phi) is 13.1. The number of hydrogen-bond donors (Lipinski definition) is 3. The van der Waals surface area contributed by atoms with E-state index < -0.39 is 6.10 Å². The van der Waals surface area contributed by atoms with Gasteiger partial charge >= 0.3 is 0 Å². The number of carbonyl (C=O) groups excluding carboxylic acids is 2. The SMILES string of the molecule is CC(O)CCc1oc2ccccc2c1C(=O)c1cc(I)c(O)c(I)c1.CCCCc1oc2ccccc2c1C(=O)c1cc(I)c(O)c(I)c1. The minimum absolute atomic E-state index is 0.0538. The molecule has 0 fully saturated rings. The number of aliphatic hydroxyl groups is 1. The van der Waals surface area contributed by atoms with E-state index in [1.54, 1.807) is 31.2 Å². The van der Waals surface area contributed by atoms with Crippen molar-refractivity contribution < 1.29 is 33.7 Å². The lowest BCUT2D eigenvalue weighted by Crippen LogP contribution is -2.07. The van der Waals surface area contributed by atoms with E-state index >= 15 is 0 Å². The molecule has 0 bridgehead atoms. The summed E-state index contributed by atoms with van der Waals surface area (Å²) in [6, 6.07) is 21.9. The molecule has 0 spiro atoms. The van der Waals surface area contributed by atoms with Crippen LogP contribution in [0.1, 0.15) is 76.5 Å². The highest BCUT2D eigenvalue weighted by Crippen LogP contribution is 2.34. The van der Waals surface area contributed by atoms with Gasteiger partial charge in [-0.3, -0.25) is 9.59 Å². The first kappa shape index (κ1) is 38.0. The maximum absolute atomic E-state index is 13.2. The van der Waals surface area contributed by atoms with Crippen molar-refractivity contribution in [3.05, 3.63) is 121 Å². The van der Waals surface area contributed by atoms with Gasteiger partial charge in [-0.15, -0.1) is 0 Å². The molecule has 254 valence electrons. The zero-order chi connectivity index (χ0) is 35.4. The van der Waals surface area contributed by atoms with Crippen LogP contribution in [0.25, 0.3) is 21.9 Å². The van der Waals surface area contributed by atoms with Crippen LogP contribution in [-0.4, -0.2) is 33.0 Å². The van der Waals surface area contributed by atoms with Crippen LogP contribution in [0.2, 0.25) is 0 Å². The second-order valence-corrected chi connectivity index (χ2v) is 16.2. The van der Waals surface area contributed by atoms with Crippen molar-refractivity contribution >= 4 is 124 Å². The molecule has 4 aromatic carbocycles. The molecule has 2 heterocycles. The summed E-state index contributed by atoms with van der Waals surface area (Å²) in [6.07, 6.45) is 3.31. The Morgan fingerprint density at radius 1 is 0.673 bits per heavy atom. The predicted octanol–water partition coefficient (Wildman–Crippen LogP) is 10.8. The first-order valence-corrected chi connectivity index (χ1v) is 19.9. The third kappa shape index (κ3) is 8.64. The number of benzene rings is 4. The van der Waals surface area contributed by atoms with Crippen molar-refractivity contribution in [1.82, 2.24) is 0 Å². The third-order valence-corrected chi connectivity index (χ3v) is 11.2. The standard InChI is InChI=1S/C19H16I2O4.C19H16I2O3/c1-10(22)6-7-16-17(12-4-2-3-5-15(12)25-16)18(23)11-8-13(20)19(24)14(21)9-11;1-2-3-7-16-17(12-6-4-5-8-15(12)24-16)18(22)11-9-13(20)19(23)14(21)10-11/h2-5,8-10,22,24H,6-7H2,1H3;4-6,8-10,23H,2-3,7H2,1H3. The van der Waals surface area contributed by atoms with E-state index in [-0.39, 0.29) is 23.1 Å². The Morgan fingerprint density at radius 2 is 1.06 bits per heavy atom. The highest BCUT2D eigenvalue weighted by molar-refractivity contribution is 14.1. The van der Waals surface area contributed by atoms with Gasteiger partial charge in [-0.05, 0) is 147 Å². The van der Waals surface area contributed by atoms with Crippen LogP contribution in [0, 0.1) is 14.3 Å². The summed E-state index contributed by atoms with van der Waals surface area (Å²) in [5.74, 6) is 1.55. The smallest absolute Gasteiger partial charge is 0.197 e. The van der Waals surface area contributed by atoms with Gasteiger partial charge < -0.3 is 24.2 Å². The van der Waals surface area contributed by atoms with Crippen LogP contribution in [0.3, 0.4) is 0 Å². The molecule has 0 aliphatic heterocycles. The summed E-state index contributed by atoms with van der Waals surface area (Å²) < 4.78 is 14.5. The molecule has 0 saturated heterocycles. The number of ketones is 2. The van der Waals surface area contributed by atoms with Crippen molar-refractivity contribution in [2.75, 3.05) is 0 Å². The molecule has 6 aromatic rings. The van der Waals surface area contributed by atoms with E-state index in [1.807, 2.05) is 139 Å². The zero-order valence-electron chi connectivity index (χ0n) is 26.5. The van der Waals surface area contributed by atoms with Gasteiger partial charge in [0.15, 0.2) is 11.6 Å². The molecular weight excluding hydrogens is 1080 g/mol. The summed E-state index contributed by atoms with van der Waals surface area (Å²) in [5, 5.41) is 31.1. The maximum Gasteiger partial charge on any atom is 0.197 e. The van der Waals surface area contributed by atoms with E-state index in [0.717, 1.165) is 41.4 Å². The van der Waals surface area contributed by atoms with Crippen LogP contribution in [0.15, 0.2) is 81.6 Å². The molecule has 11 heteroatoms. The lowest BCUT2D eigenvalue weighted by Gasteiger charge is -2.07. The molecule has 0 aliphatic rings. The fraction of sp³-hybridized carbons (Fsp3) is 0.211. The normalized spacial score (nSPS) is 11.8. The Bertz CT molecular complexity index is 2120. The minimum atomic E-state index is -0.466. The highest BCUT2D eigenvalue weighted by Gasteiger charge is 2.24. The molecular formula is C38H32I4O7. The second-order valence-electron chi connectivity index (χ2n) is 11.5. The number of para-hydroxylation sites is 2. The molecule has 0 radical (unpaired) electrons. The Balaban J connectivity index is 0.000000191. The van der Waals surface area contributed by atoms with E-state index in [0.29, 0.717) is 60.7 Å². The van der Waals surface area contributed by atoms with Crippen LogP contribution in [0.5, 0.6) is 11.5 Å². The van der Waals surface area contributed by atoms with Gasteiger partial charge in [-0.1, -0.05) is 49.7 Å². The number of carbonyl (C=O) groups is 2.